The highest BCUT2D eigenvalue weighted by molar-refractivity contribution is 9.12. The van der Waals surface area contributed by atoms with Crippen LogP contribution in [0.15, 0.2) is 42.6 Å². The van der Waals surface area contributed by atoms with Gasteiger partial charge in [-0.3, -0.25) is 4.68 Å². The van der Waals surface area contributed by atoms with E-state index in [1.165, 1.54) is 23.0 Å². The Morgan fingerprint density at radius 2 is 1.92 bits per heavy atom. The zero-order valence-corrected chi connectivity index (χ0v) is 14.6. The summed E-state index contributed by atoms with van der Waals surface area (Å²) in [6.45, 7) is 0. The molecule has 0 radical (unpaired) electrons. The summed E-state index contributed by atoms with van der Waals surface area (Å²) in [4.78, 5) is 2.47. The van der Waals surface area contributed by atoms with Crippen molar-refractivity contribution in [1.82, 2.24) is 9.78 Å². The van der Waals surface area contributed by atoms with Crippen LogP contribution in [0.5, 0.6) is 0 Å². The van der Waals surface area contributed by atoms with E-state index < -0.39 is 29.4 Å². The number of rotatable bonds is 3. The minimum atomic E-state index is -4.58. The van der Waals surface area contributed by atoms with E-state index in [0.717, 1.165) is 24.3 Å². The number of alkyl halides is 3. The quantitative estimate of drug-likeness (QED) is 0.388. The van der Waals surface area contributed by atoms with E-state index in [0.29, 0.717) is 0 Å². The third-order valence-corrected chi connectivity index (χ3v) is 4.14. The molecule has 1 aromatic heterocycles. The van der Waals surface area contributed by atoms with Crippen molar-refractivity contribution in [2.75, 3.05) is 0 Å². The molecule has 0 fully saturated rings. The summed E-state index contributed by atoms with van der Waals surface area (Å²) in [7, 11) is 0. The molecule has 1 atom stereocenters. The van der Waals surface area contributed by atoms with Crippen molar-refractivity contribution >= 4 is 26.8 Å². The van der Waals surface area contributed by atoms with Crippen LogP contribution in [0.25, 0.3) is 10.9 Å². The van der Waals surface area contributed by atoms with Crippen LogP contribution in [0.2, 0.25) is 0 Å². The minimum Gasteiger partial charge on any atom is -0.263 e. The normalized spacial score (nSPS) is 12.7. The first-order chi connectivity index (χ1) is 12.3. The van der Waals surface area contributed by atoms with Crippen molar-refractivity contribution in [3.8, 4) is 10.8 Å². The lowest BCUT2D eigenvalue weighted by molar-refractivity contribution is -0.136. The lowest BCUT2D eigenvalue weighted by Crippen LogP contribution is -2.13. The summed E-state index contributed by atoms with van der Waals surface area (Å²) in [5, 5.41) is 4.25. The van der Waals surface area contributed by atoms with E-state index in [4.69, 9.17) is 0 Å². The zero-order valence-electron chi connectivity index (χ0n) is 13.0. The molecular weight excluding hydrogens is 419 g/mol. The molecule has 1 heterocycles. The molecule has 134 valence electrons. The summed E-state index contributed by atoms with van der Waals surface area (Å²) in [6, 6.07) is 5.71. The average molecular weight is 429 g/mol. The van der Waals surface area contributed by atoms with Crippen molar-refractivity contribution in [2.45, 2.75) is 18.6 Å². The van der Waals surface area contributed by atoms with Crippen LogP contribution in [0.1, 0.15) is 23.6 Å². The largest absolute Gasteiger partial charge is 0.418 e. The number of fused-ring (bicyclic) bond motifs is 1. The Balaban J connectivity index is 2.18. The fourth-order valence-electron chi connectivity index (χ4n) is 2.70. The van der Waals surface area contributed by atoms with Gasteiger partial charge in [0.1, 0.15) is 17.2 Å². The molecule has 2 aromatic carbocycles. The molecule has 0 amide bonds. The van der Waals surface area contributed by atoms with Gasteiger partial charge in [-0.15, -0.1) is 0 Å². The van der Waals surface area contributed by atoms with Gasteiger partial charge in [-0.25, -0.2) is 8.78 Å². The van der Waals surface area contributed by atoms with Crippen LogP contribution in [0, 0.1) is 22.4 Å². The van der Waals surface area contributed by atoms with Gasteiger partial charge in [-0.1, -0.05) is 18.1 Å². The molecule has 0 N–H and O–H groups in total. The fourth-order valence-corrected chi connectivity index (χ4v) is 2.87. The molecule has 0 saturated carbocycles. The number of halogens is 6. The maximum atomic E-state index is 14.2. The Kier molecular flexibility index (Phi) is 5.01. The lowest BCUT2D eigenvalue weighted by atomic mass is 10.0. The Hall–Kier alpha value is -2.40. The summed E-state index contributed by atoms with van der Waals surface area (Å²) in [5.74, 6) is 1.32. The Morgan fingerprint density at radius 3 is 2.62 bits per heavy atom. The van der Waals surface area contributed by atoms with Crippen LogP contribution in [-0.4, -0.2) is 9.78 Å². The van der Waals surface area contributed by atoms with Crippen LogP contribution >= 0.6 is 15.9 Å². The van der Waals surface area contributed by atoms with E-state index >= 15 is 0 Å². The predicted octanol–water partition coefficient (Wildman–Crippen LogP) is 5.67. The molecule has 0 aliphatic heterocycles. The molecule has 2 nitrogen and oxygen atoms in total. The van der Waals surface area contributed by atoms with Crippen molar-refractivity contribution in [3.63, 3.8) is 0 Å². The number of hydrogen-bond acceptors (Lipinski definition) is 1. The smallest absolute Gasteiger partial charge is 0.263 e. The van der Waals surface area contributed by atoms with E-state index in [2.05, 4.69) is 31.8 Å². The second-order valence-electron chi connectivity index (χ2n) is 5.51. The Morgan fingerprint density at radius 1 is 1.15 bits per heavy atom. The van der Waals surface area contributed by atoms with Gasteiger partial charge in [0.25, 0.3) is 0 Å². The molecule has 0 aliphatic carbocycles. The molecule has 0 spiro atoms. The fraction of sp³-hybridized carbons (Fsp3) is 0.167. The molecule has 26 heavy (non-hydrogen) atoms. The van der Waals surface area contributed by atoms with Gasteiger partial charge in [0, 0.05) is 39.5 Å². The first-order valence-electron chi connectivity index (χ1n) is 7.40. The summed E-state index contributed by atoms with van der Waals surface area (Å²) in [5.41, 5.74) is -1.19. The molecule has 0 aliphatic rings. The lowest BCUT2D eigenvalue weighted by Gasteiger charge is -2.16. The van der Waals surface area contributed by atoms with Gasteiger partial charge in [0.05, 0.1) is 11.6 Å². The predicted molar refractivity (Wildman–Crippen MR) is 90.6 cm³/mol. The van der Waals surface area contributed by atoms with Crippen LogP contribution in [0.4, 0.5) is 22.0 Å². The number of aromatic nitrogens is 2. The topological polar surface area (TPSA) is 17.8 Å². The summed E-state index contributed by atoms with van der Waals surface area (Å²) in [6.07, 6.45) is -3.18. The third-order valence-electron chi connectivity index (χ3n) is 3.86. The standard InChI is InChI=1S/C18H10BrF5N2/c19-8-2-5-16(13-9-12(20)6-7-15(13)21)26-10-11-3-1-4-14(17(11)25-26)18(22,23)24/h1,3-4,6-7,9-10,16H,5H2. The van der Waals surface area contributed by atoms with Crippen molar-refractivity contribution in [1.29, 1.82) is 0 Å². The van der Waals surface area contributed by atoms with Crippen LogP contribution < -0.4 is 0 Å². The monoisotopic (exact) mass is 428 g/mol. The first-order valence-corrected chi connectivity index (χ1v) is 8.19. The summed E-state index contributed by atoms with van der Waals surface area (Å²) >= 11 is 2.92. The SMILES string of the molecule is Fc1ccc(F)c(C(CC#CBr)n2cc3cccc(C(F)(F)F)c3n2)c1. The van der Waals surface area contributed by atoms with Crippen molar-refractivity contribution < 1.29 is 22.0 Å². The molecule has 3 rings (SSSR count). The molecule has 3 aromatic rings. The van der Waals surface area contributed by atoms with Gasteiger partial charge in [0.2, 0.25) is 0 Å². The van der Waals surface area contributed by atoms with E-state index in [1.54, 1.807) is 0 Å². The van der Waals surface area contributed by atoms with Crippen molar-refractivity contribution in [2.24, 2.45) is 0 Å². The van der Waals surface area contributed by atoms with Gasteiger partial charge >= 0.3 is 6.18 Å². The van der Waals surface area contributed by atoms with Crippen LogP contribution in [0.3, 0.4) is 0 Å². The maximum Gasteiger partial charge on any atom is 0.418 e. The van der Waals surface area contributed by atoms with Gasteiger partial charge in [-0.05, 0) is 29.1 Å². The van der Waals surface area contributed by atoms with E-state index in [1.807, 2.05) is 0 Å². The van der Waals surface area contributed by atoms with Gasteiger partial charge in [0.15, 0.2) is 0 Å². The zero-order chi connectivity index (χ0) is 18.9. The molecule has 8 heteroatoms. The second-order valence-corrected chi connectivity index (χ2v) is 5.90. The highest BCUT2D eigenvalue weighted by Gasteiger charge is 2.34. The molecule has 0 saturated heterocycles. The Bertz CT molecular complexity index is 1010. The maximum absolute atomic E-state index is 14.2. The first kappa shape index (κ1) is 18.4. The number of hydrogen-bond donors (Lipinski definition) is 0. The number of benzene rings is 2. The van der Waals surface area contributed by atoms with E-state index in [-0.39, 0.29) is 22.9 Å². The average Bonchev–Trinajstić information content (AvgIpc) is 3.00. The minimum absolute atomic E-state index is 0.0287. The highest BCUT2D eigenvalue weighted by atomic mass is 79.9. The van der Waals surface area contributed by atoms with Crippen LogP contribution in [-0.2, 0) is 6.18 Å². The Labute approximate surface area is 153 Å². The van der Waals surface area contributed by atoms with Gasteiger partial charge < -0.3 is 0 Å². The molecule has 1 unspecified atom stereocenters. The second kappa shape index (κ2) is 7.08. The third kappa shape index (κ3) is 3.58. The van der Waals surface area contributed by atoms with Crippen molar-refractivity contribution in [3.05, 3.63) is 65.4 Å². The van der Waals surface area contributed by atoms with Gasteiger partial charge in [-0.2, -0.15) is 18.3 Å². The van der Waals surface area contributed by atoms with E-state index in [9.17, 15) is 22.0 Å². The highest BCUT2D eigenvalue weighted by Crippen LogP contribution is 2.35. The molecular formula is C18H10BrF5N2. The number of nitrogens with zero attached hydrogens (tertiary/aromatic N) is 2. The molecule has 0 bridgehead atoms. The summed E-state index contributed by atoms with van der Waals surface area (Å²) < 4.78 is 68.5.